The summed E-state index contributed by atoms with van der Waals surface area (Å²) in [7, 11) is 0. The van der Waals surface area contributed by atoms with Crippen molar-refractivity contribution in [1.82, 2.24) is 0 Å². The molecule has 0 heterocycles. The topological polar surface area (TPSA) is 69.7 Å². The van der Waals surface area contributed by atoms with Crippen LogP contribution in [-0.2, 0) is 25.2 Å². The fourth-order valence-electron chi connectivity index (χ4n) is 1.05. The van der Waals surface area contributed by atoms with Crippen molar-refractivity contribution in [2.24, 2.45) is 0 Å². The number of nitrogens with zero attached hydrogens (tertiary/aromatic N) is 1. The third-order valence-corrected chi connectivity index (χ3v) is 1.65. The number of ether oxygens (including phenoxy) is 1. The molecule has 1 aromatic rings. The first-order valence-corrected chi connectivity index (χ1v) is 5.21. The molecule has 0 aliphatic rings. The Hall–Kier alpha value is -1.77. The number of benzene rings is 1. The van der Waals surface area contributed by atoms with E-state index in [2.05, 4.69) is 18.2 Å². The van der Waals surface area contributed by atoms with Crippen molar-refractivity contribution in [2.75, 3.05) is 11.5 Å². The average molecular weight is 356 g/mol. The summed E-state index contributed by atoms with van der Waals surface area (Å²) in [6.07, 6.45) is -1.07. The Morgan fingerprint density at radius 2 is 1.89 bits per heavy atom. The van der Waals surface area contributed by atoms with E-state index in [0.29, 0.717) is 4.90 Å². The van der Waals surface area contributed by atoms with Gasteiger partial charge in [0.25, 0.3) is 0 Å². The molecule has 1 aromatic carbocycles. The second-order valence-corrected chi connectivity index (χ2v) is 2.92. The molecule has 0 aromatic heterocycles. The van der Waals surface area contributed by atoms with E-state index in [-0.39, 0.29) is 32.7 Å². The average Bonchev–Trinajstić information content (AvgIpc) is 2.31. The summed E-state index contributed by atoms with van der Waals surface area (Å²) in [5.41, 5.74) is 0.205. The van der Waals surface area contributed by atoms with Crippen LogP contribution in [0.15, 0.2) is 43.0 Å². The molecule has 5 nitrogen and oxygen atoms in total. The van der Waals surface area contributed by atoms with E-state index < -0.39 is 12.2 Å². The molecule has 19 heavy (non-hydrogen) atoms. The van der Waals surface area contributed by atoms with Gasteiger partial charge in [-0.2, -0.15) is 0 Å². The van der Waals surface area contributed by atoms with Gasteiger partial charge in [0.1, 0.15) is 0 Å². The number of para-hydroxylation sites is 1. The van der Waals surface area contributed by atoms with Crippen LogP contribution in [0.5, 0.6) is 0 Å². The van der Waals surface area contributed by atoms with Crippen LogP contribution < -0.4 is 10.0 Å². The Morgan fingerprint density at radius 1 is 1.42 bits per heavy atom. The van der Waals surface area contributed by atoms with Crippen molar-refractivity contribution in [2.45, 2.75) is 6.92 Å². The van der Waals surface area contributed by atoms with Gasteiger partial charge in [0.2, 0.25) is 0 Å². The van der Waals surface area contributed by atoms with Crippen LogP contribution >= 0.6 is 0 Å². The minimum Gasteiger partial charge on any atom is -0.529 e. The van der Waals surface area contributed by atoms with Gasteiger partial charge >= 0.3 is 26.5 Å². The van der Waals surface area contributed by atoms with Crippen LogP contribution in [0.25, 0.3) is 0 Å². The zero-order valence-electron chi connectivity index (χ0n) is 10.5. The van der Waals surface area contributed by atoms with Crippen LogP contribution in [-0.4, -0.2) is 18.8 Å². The number of anilines is 1. The third kappa shape index (κ3) is 7.29. The number of amides is 2. The largest absolute Gasteiger partial charge is 2.00 e. The van der Waals surface area contributed by atoms with E-state index in [4.69, 9.17) is 0 Å². The molecule has 0 fully saturated rings. The molecular weight excluding hydrogens is 341 g/mol. The van der Waals surface area contributed by atoms with Crippen LogP contribution in [0.4, 0.5) is 15.3 Å². The number of carbonyl (C=O) groups excluding carboxylic acids is 2. The van der Waals surface area contributed by atoms with Crippen LogP contribution in [0.2, 0.25) is 0 Å². The maximum absolute atomic E-state index is 11.3. The molecule has 0 aliphatic carbocycles. The van der Waals surface area contributed by atoms with Crippen molar-refractivity contribution in [3.63, 3.8) is 0 Å². The summed E-state index contributed by atoms with van der Waals surface area (Å²) in [5.74, 6) is 0. The molecule has 0 radical (unpaired) electrons. The monoisotopic (exact) mass is 355 g/mol. The molecule has 6 heteroatoms. The zero-order chi connectivity index (χ0) is 14.0. The van der Waals surface area contributed by atoms with Gasteiger partial charge in [0.05, 0.1) is 12.3 Å². The summed E-state index contributed by atoms with van der Waals surface area (Å²) in [5, 5.41) is 10.7. The molecule has 0 spiro atoms. The molecule has 1 rings (SSSR count). The summed E-state index contributed by atoms with van der Waals surface area (Å²) >= 11 is 0. The number of hydrogen-bond acceptors (Lipinski definition) is 4. The zero-order valence-corrected chi connectivity index (χ0v) is 12.0. The molecule has 0 bridgehead atoms. The van der Waals surface area contributed by atoms with E-state index in [1.54, 1.807) is 25.1 Å². The molecular formula is C13H15NO4Pd. The van der Waals surface area contributed by atoms with E-state index >= 15 is 0 Å². The van der Waals surface area contributed by atoms with Gasteiger partial charge in [0.15, 0.2) is 6.09 Å². The number of carboxylic acid groups (broad SMARTS) is 1. The fraction of sp³-hybridized carbons (Fsp3) is 0.154. The number of rotatable bonds is 2. The number of allylic oxidation sites excluding steroid dienone is 1. The first-order valence-electron chi connectivity index (χ1n) is 5.21. The minimum absolute atomic E-state index is 0. The summed E-state index contributed by atoms with van der Waals surface area (Å²) in [6, 6.07) is 7.90. The van der Waals surface area contributed by atoms with Crippen LogP contribution in [0.1, 0.15) is 6.92 Å². The number of imide groups is 1. The summed E-state index contributed by atoms with van der Waals surface area (Å²) in [4.78, 5) is 22.4. The Kier molecular flexibility index (Phi) is 11.7. The van der Waals surface area contributed by atoms with Crippen LogP contribution in [0, 0.1) is 6.92 Å². The van der Waals surface area contributed by atoms with Gasteiger partial charge in [0, 0.05) is 0 Å². The Labute approximate surface area is 126 Å². The molecule has 0 aliphatic heterocycles. The molecule has 0 saturated heterocycles. The smallest absolute Gasteiger partial charge is 0.529 e. The second-order valence-electron chi connectivity index (χ2n) is 2.92. The Bertz CT molecular complexity index is 395. The van der Waals surface area contributed by atoms with Gasteiger partial charge in [-0.3, -0.25) is 0 Å². The van der Waals surface area contributed by atoms with E-state index in [1.807, 2.05) is 0 Å². The quantitative estimate of drug-likeness (QED) is 0.601. The van der Waals surface area contributed by atoms with Crippen molar-refractivity contribution >= 4 is 17.9 Å². The van der Waals surface area contributed by atoms with Gasteiger partial charge in [-0.1, -0.05) is 18.2 Å². The van der Waals surface area contributed by atoms with Crippen LogP contribution in [0.3, 0.4) is 0 Å². The summed E-state index contributed by atoms with van der Waals surface area (Å²) in [6.45, 7) is 8.20. The molecule has 0 saturated carbocycles. The predicted molar refractivity (Wildman–Crippen MR) is 66.9 cm³/mol. The van der Waals surface area contributed by atoms with Gasteiger partial charge in [-0.15, -0.1) is 0 Å². The second kappa shape index (κ2) is 11.3. The Morgan fingerprint density at radius 3 is 2.26 bits per heavy atom. The molecule has 0 atom stereocenters. The van der Waals surface area contributed by atoms with E-state index in [9.17, 15) is 14.7 Å². The van der Waals surface area contributed by atoms with Crippen molar-refractivity contribution in [3.8, 4) is 0 Å². The van der Waals surface area contributed by atoms with Gasteiger partial charge in [-0.25, -0.2) is 29.3 Å². The normalized spacial score (nSPS) is 8.05. The van der Waals surface area contributed by atoms with Gasteiger partial charge in [-0.05, 0) is 19.1 Å². The minimum atomic E-state index is -1.61. The van der Waals surface area contributed by atoms with E-state index in [0.717, 1.165) is 0 Å². The standard InChI is InChI=1S/C10H11NO4.C3H5.Pd/c1-2-15-10(14)11(9(12)13)8-6-4-3-5-7-8;1-3-2;/h3-7H,2H2,1H3,(H,12,13);3H,1-2H2;/q;-1;+2/p-1. The fourth-order valence-corrected chi connectivity index (χ4v) is 1.05. The Balaban J connectivity index is 0. The number of hydrogen-bond donors (Lipinski definition) is 0. The molecule has 0 N–H and O–H groups in total. The maximum Gasteiger partial charge on any atom is 2.00 e. The van der Waals surface area contributed by atoms with Crippen molar-refractivity contribution < 1.29 is 39.9 Å². The molecule has 106 valence electrons. The van der Waals surface area contributed by atoms with Crippen molar-refractivity contribution in [3.05, 3.63) is 49.9 Å². The van der Waals surface area contributed by atoms with E-state index in [1.165, 1.54) is 18.2 Å². The van der Waals surface area contributed by atoms with Gasteiger partial charge < -0.3 is 14.6 Å². The molecule has 2 amide bonds. The number of carbonyl (C=O) groups is 2. The van der Waals surface area contributed by atoms with Crippen molar-refractivity contribution in [1.29, 1.82) is 0 Å². The predicted octanol–water partition coefficient (Wildman–Crippen LogP) is 2.00. The summed E-state index contributed by atoms with van der Waals surface area (Å²) < 4.78 is 4.59. The first kappa shape index (κ1) is 19.6. The first-order chi connectivity index (χ1) is 8.58. The third-order valence-electron chi connectivity index (χ3n) is 1.65. The molecule has 0 unspecified atom stereocenters. The maximum atomic E-state index is 11.3. The SMILES string of the molecule is C=C[CH2-].CCOC(=O)N(C(=O)[O-])c1ccccc1.[Pd+2].